The summed E-state index contributed by atoms with van der Waals surface area (Å²) in [5, 5.41) is 3.07. The molecule has 1 saturated carbocycles. The van der Waals surface area contributed by atoms with Gasteiger partial charge in [-0.1, -0.05) is 48.0 Å². The van der Waals surface area contributed by atoms with E-state index < -0.39 is 0 Å². The number of nitrogens with zero attached hydrogens (tertiary/aromatic N) is 1. The van der Waals surface area contributed by atoms with Gasteiger partial charge in [0.25, 0.3) is 0 Å². The molecule has 1 fully saturated rings. The van der Waals surface area contributed by atoms with Crippen LogP contribution < -0.4 is 10.2 Å². The van der Waals surface area contributed by atoms with Gasteiger partial charge in [0, 0.05) is 30.6 Å². The number of hydrogen-bond donors (Lipinski definition) is 1. The summed E-state index contributed by atoms with van der Waals surface area (Å²) in [5.41, 5.74) is 4.67. The van der Waals surface area contributed by atoms with Crippen LogP contribution in [0.15, 0.2) is 48.5 Å². The molecule has 0 radical (unpaired) electrons. The van der Waals surface area contributed by atoms with E-state index in [9.17, 15) is 9.59 Å². The Morgan fingerprint density at radius 3 is 2.54 bits per heavy atom. The first-order chi connectivity index (χ1) is 13.6. The molecule has 0 atom stereocenters. The van der Waals surface area contributed by atoms with Gasteiger partial charge in [-0.15, -0.1) is 0 Å². The molecule has 2 amide bonds. The maximum atomic E-state index is 13.0. The zero-order chi connectivity index (χ0) is 19.5. The Morgan fingerprint density at radius 1 is 1.00 bits per heavy atom. The molecule has 0 bridgehead atoms. The van der Waals surface area contributed by atoms with E-state index in [0.717, 1.165) is 49.9 Å². The minimum atomic E-state index is 0.0275. The molecule has 0 unspecified atom stereocenters. The Labute approximate surface area is 166 Å². The van der Waals surface area contributed by atoms with Crippen molar-refractivity contribution in [3.8, 4) is 0 Å². The van der Waals surface area contributed by atoms with E-state index in [4.69, 9.17) is 0 Å². The molecule has 28 heavy (non-hydrogen) atoms. The van der Waals surface area contributed by atoms with Gasteiger partial charge in [0.2, 0.25) is 11.8 Å². The molecule has 1 aliphatic heterocycles. The maximum Gasteiger partial charge on any atom is 0.230 e. The predicted molar refractivity (Wildman–Crippen MR) is 111 cm³/mol. The Bertz CT molecular complexity index is 868. The summed E-state index contributed by atoms with van der Waals surface area (Å²) in [5.74, 6) is 0.439. The van der Waals surface area contributed by atoms with Gasteiger partial charge >= 0.3 is 0 Å². The highest BCUT2D eigenvalue weighted by Crippen LogP contribution is 2.34. The first-order valence-corrected chi connectivity index (χ1v) is 10.3. The SMILES string of the molecule is Cc1cccc(CNC(=O)C2CCC(C(=O)N3CCc4ccccc43)CC2)c1. The fourth-order valence-electron chi connectivity index (χ4n) is 4.55. The van der Waals surface area contributed by atoms with Crippen LogP contribution in [0.1, 0.15) is 42.4 Å². The van der Waals surface area contributed by atoms with Crippen molar-refractivity contribution in [3.63, 3.8) is 0 Å². The van der Waals surface area contributed by atoms with Gasteiger partial charge in [0.05, 0.1) is 0 Å². The number of para-hydroxylation sites is 1. The highest BCUT2D eigenvalue weighted by Gasteiger charge is 2.34. The summed E-state index contributed by atoms with van der Waals surface area (Å²) in [6.45, 7) is 3.42. The number of hydrogen-bond acceptors (Lipinski definition) is 2. The molecule has 1 heterocycles. The number of amides is 2. The average Bonchev–Trinajstić information content (AvgIpc) is 3.16. The molecular formula is C24H28N2O2. The summed E-state index contributed by atoms with van der Waals surface area (Å²) in [4.78, 5) is 27.5. The minimum Gasteiger partial charge on any atom is -0.352 e. The first kappa shape index (κ1) is 18.7. The molecular weight excluding hydrogens is 348 g/mol. The second-order valence-electron chi connectivity index (χ2n) is 8.12. The van der Waals surface area contributed by atoms with Crippen LogP contribution in [0.4, 0.5) is 5.69 Å². The molecule has 2 aromatic carbocycles. The van der Waals surface area contributed by atoms with Crippen LogP contribution in [0.3, 0.4) is 0 Å². The Morgan fingerprint density at radius 2 is 1.75 bits per heavy atom. The van der Waals surface area contributed by atoms with Gasteiger partial charge in [0.1, 0.15) is 0 Å². The van der Waals surface area contributed by atoms with Crippen LogP contribution in [0.5, 0.6) is 0 Å². The third-order valence-corrected chi connectivity index (χ3v) is 6.15. The lowest BCUT2D eigenvalue weighted by molar-refractivity contribution is -0.129. The van der Waals surface area contributed by atoms with Gasteiger partial charge in [-0.2, -0.15) is 0 Å². The van der Waals surface area contributed by atoms with Crippen LogP contribution in [-0.2, 0) is 22.6 Å². The van der Waals surface area contributed by atoms with E-state index >= 15 is 0 Å². The lowest BCUT2D eigenvalue weighted by Gasteiger charge is -2.30. The largest absolute Gasteiger partial charge is 0.352 e. The van der Waals surface area contributed by atoms with Crippen LogP contribution in [-0.4, -0.2) is 18.4 Å². The molecule has 1 N–H and O–H groups in total. The van der Waals surface area contributed by atoms with Crippen LogP contribution in [0.25, 0.3) is 0 Å². The van der Waals surface area contributed by atoms with E-state index in [0.29, 0.717) is 6.54 Å². The van der Waals surface area contributed by atoms with Crippen molar-refractivity contribution in [1.82, 2.24) is 5.32 Å². The minimum absolute atomic E-state index is 0.0275. The molecule has 2 aromatic rings. The van der Waals surface area contributed by atoms with Gasteiger partial charge in [-0.25, -0.2) is 0 Å². The van der Waals surface area contributed by atoms with Crippen molar-refractivity contribution in [2.75, 3.05) is 11.4 Å². The van der Waals surface area contributed by atoms with Gasteiger partial charge in [-0.3, -0.25) is 9.59 Å². The molecule has 0 spiro atoms. The summed E-state index contributed by atoms with van der Waals surface area (Å²) in [7, 11) is 0. The molecule has 2 aliphatic rings. The highest BCUT2D eigenvalue weighted by atomic mass is 16.2. The highest BCUT2D eigenvalue weighted by molar-refractivity contribution is 5.97. The zero-order valence-electron chi connectivity index (χ0n) is 16.5. The zero-order valence-corrected chi connectivity index (χ0v) is 16.5. The number of anilines is 1. The molecule has 1 aliphatic carbocycles. The van der Waals surface area contributed by atoms with E-state index in [1.165, 1.54) is 11.1 Å². The van der Waals surface area contributed by atoms with Crippen molar-refractivity contribution in [1.29, 1.82) is 0 Å². The first-order valence-electron chi connectivity index (χ1n) is 10.3. The molecule has 4 nitrogen and oxygen atoms in total. The number of fused-ring (bicyclic) bond motifs is 1. The second-order valence-corrected chi connectivity index (χ2v) is 8.12. The summed E-state index contributed by atoms with van der Waals surface area (Å²) >= 11 is 0. The van der Waals surface area contributed by atoms with Crippen molar-refractivity contribution in [2.45, 2.75) is 45.6 Å². The van der Waals surface area contributed by atoms with E-state index in [-0.39, 0.29) is 23.7 Å². The predicted octanol–water partition coefficient (Wildman–Crippen LogP) is 4.01. The van der Waals surface area contributed by atoms with Gasteiger partial charge in [0.15, 0.2) is 0 Å². The third kappa shape index (κ3) is 3.96. The summed E-state index contributed by atoms with van der Waals surface area (Å²) < 4.78 is 0. The Hall–Kier alpha value is -2.62. The van der Waals surface area contributed by atoms with Gasteiger partial charge in [-0.05, 0) is 56.2 Å². The van der Waals surface area contributed by atoms with E-state index in [2.05, 4.69) is 30.4 Å². The molecule has 0 saturated heterocycles. The van der Waals surface area contributed by atoms with E-state index in [1.807, 2.05) is 35.2 Å². The standard InChI is InChI=1S/C24H28N2O2/c1-17-5-4-6-18(15-17)16-25-23(27)20-9-11-21(12-10-20)24(28)26-14-13-19-7-2-3-8-22(19)26/h2-8,15,20-21H,9-14,16H2,1H3,(H,25,27). The quantitative estimate of drug-likeness (QED) is 0.877. The Kier molecular flexibility index (Phi) is 5.47. The molecule has 0 aromatic heterocycles. The van der Waals surface area contributed by atoms with E-state index in [1.54, 1.807) is 0 Å². The second kappa shape index (κ2) is 8.17. The average molecular weight is 377 g/mol. The number of rotatable bonds is 4. The van der Waals surface area contributed by atoms with Crippen molar-refractivity contribution in [3.05, 3.63) is 65.2 Å². The number of aryl methyl sites for hydroxylation is 1. The topological polar surface area (TPSA) is 49.4 Å². The smallest absolute Gasteiger partial charge is 0.230 e. The number of carbonyl (C=O) groups excluding carboxylic acids is 2. The van der Waals surface area contributed by atoms with Crippen molar-refractivity contribution >= 4 is 17.5 Å². The Balaban J connectivity index is 1.28. The normalized spacial score (nSPS) is 21.2. The number of benzene rings is 2. The number of nitrogens with one attached hydrogen (secondary N) is 1. The van der Waals surface area contributed by atoms with Crippen molar-refractivity contribution < 1.29 is 9.59 Å². The van der Waals surface area contributed by atoms with Crippen LogP contribution in [0.2, 0.25) is 0 Å². The molecule has 4 heteroatoms. The summed E-state index contributed by atoms with van der Waals surface area (Å²) in [6, 6.07) is 16.4. The fraction of sp³-hybridized carbons (Fsp3) is 0.417. The number of carbonyl (C=O) groups is 2. The maximum absolute atomic E-state index is 13.0. The monoisotopic (exact) mass is 376 g/mol. The van der Waals surface area contributed by atoms with Gasteiger partial charge < -0.3 is 10.2 Å². The summed E-state index contributed by atoms with van der Waals surface area (Å²) in [6.07, 6.45) is 4.15. The fourth-order valence-corrected chi connectivity index (χ4v) is 4.55. The molecule has 146 valence electrons. The van der Waals surface area contributed by atoms with Crippen LogP contribution >= 0.6 is 0 Å². The van der Waals surface area contributed by atoms with Crippen LogP contribution in [0, 0.1) is 18.8 Å². The lowest BCUT2D eigenvalue weighted by Crippen LogP contribution is -2.39. The molecule has 4 rings (SSSR count). The lowest BCUT2D eigenvalue weighted by atomic mass is 9.81. The van der Waals surface area contributed by atoms with Crippen molar-refractivity contribution in [2.24, 2.45) is 11.8 Å². The third-order valence-electron chi connectivity index (χ3n) is 6.15.